The molecule has 0 heterocycles. The molecule has 0 fully saturated rings. The van der Waals surface area contributed by atoms with E-state index in [1.54, 1.807) is 0 Å². The van der Waals surface area contributed by atoms with E-state index in [2.05, 4.69) is 62.5 Å². The maximum atomic E-state index is 12.2. The molecular weight excluding hydrogens is 596 g/mol. The lowest BCUT2D eigenvalue weighted by molar-refractivity contribution is -0.161. The molecule has 0 aromatic heterocycles. The zero-order valence-corrected chi connectivity index (χ0v) is 31.5. The number of carbonyl (C=O) groups is 2. The van der Waals surface area contributed by atoms with Gasteiger partial charge >= 0.3 is 11.9 Å². The van der Waals surface area contributed by atoms with Crippen molar-refractivity contribution in [2.24, 2.45) is 0 Å². The van der Waals surface area contributed by atoms with Crippen LogP contribution in [0.15, 0.2) is 48.6 Å². The number of rotatable bonds is 36. The molecule has 48 heavy (non-hydrogen) atoms. The maximum absolute atomic E-state index is 12.2. The van der Waals surface area contributed by atoms with Gasteiger partial charge in [-0.1, -0.05) is 172 Å². The van der Waals surface area contributed by atoms with Crippen molar-refractivity contribution in [1.82, 2.24) is 0 Å². The summed E-state index contributed by atoms with van der Waals surface area (Å²) in [6.07, 6.45) is 48.8. The van der Waals surface area contributed by atoms with Gasteiger partial charge in [-0.3, -0.25) is 9.59 Å². The molecule has 5 heteroatoms. The predicted octanol–water partition coefficient (Wildman–Crippen LogP) is 12.6. The van der Waals surface area contributed by atoms with Crippen LogP contribution in [0.25, 0.3) is 0 Å². The summed E-state index contributed by atoms with van der Waals surface area (Å²) in [7, 11) is 0. The summed E-state index contributed by atoms with van der Waals surface area (Å²) in [6, 6.07) is 0. The Morgan fingerprint density at radius 1 is 0.479 bits per heavy atom. The molecule has 0 aromatic rings. The number of carbonyl (C=O) groups excluding carboxylic acids is 2. The Morgan fingerprint density at radius 3 is 1.29 bits per heavy atom. The molecular formula is C43H76O5. The molecule has 0 amide bonds. The average molecular weight is 673 g/mol. The smallest absolute Gasteiger partial charge is 0.306 e. The van der Waals surface area contributed by atoms with Crippen LogP contribution >= 0.6 is 0 Å². The summed E-state index contributed by atoms with van der Waals surface area (Å²) < 4.78 is 10.6. The summed E-state index contributed by atoms with van der Waals surface area (Å²) in [4.78, 5) is 24.3. The number of unbranched alkanes of at least 4 members (excludes halogenated alkanes) is 20. The van der Waals surface area contributed by atoms with Gasteiger partial charge in [-0.05, 0) is 57.8 Å². The largest absolute Gasteiger partial charge is 0.462 e. The van der Waals surface area contributed by atoms with Crippen LogP contribution in [0, 0.1) is 0 Å². The van der Waals surface area contributed by atoms with E-state index < -0.39 is 6.10 Å². The predicted molar refractivity (Wildman–Crippen MR) is 205 cm³/mol. The average Bonchev–Trinajstić information content (AvgIpc) is 3.09. The van der Waals surface area contributed by atoms with Gasteiger partial charge in [0.2, 0.25) is 0 Å². The highest BCUT2D eigenvalue weighted by atomic mass is 16.6. The summed E-state index contributed by atoms with van der Waals surface area (Å²) in [5, 5.41) is 9.55. The Balaban J connectivity index is 3.62. The Labute approximate surface area is 297 Å². The number of hydrogen-bond acceptors (Lipinski definition) is 5. The molecule has 0 saturated carbocycles. The summed E-state index contributed by atoms with van der Waals surface area (Å²) in [5.74, 6) is -0.624. The van der Waals surface area contributed by atoms with Gasteiger partial charge < -0.3 is 14.6 Å². The van der Waals surface area contributed by atoms with Gasteiger partial charge in [-0.2, -0.15) is 0 Å². The molecule has 0 aliphatic heterocycles. The highest BCUT2D eigenvalue weighted by Gasteiger charge is 2.16. The standard InChI is InChI=1S/C43H76O5/c1-3-5-7-9-11-13-15-17-19-20-21-22-24-25-27-29-31-33-35-37-42(45)47-40-41(39-44)48-43(46)38-36-34-32-30-28-26-23-18-16-14-12-10-8-6-4-2/h11,13,17,19,21-22,25,27,41,44H,3-10,12,14-16,18,20,23-24,26,28-40H2,1-2H3/b13-11+,19-17+,22-21+,27-25+/t41-/m0/s1. The lowest BCUT2D eigenvalue weighted by atomic mass is 10.0. The van der Waals surface area contributed by atoms with Crippen LogP contribution < -0.4 is 0 Å². The molecule has 0 spiro atoms. The zero-order chi connectivity index (χ0) is 35.0. The highest BCUT2D eigenvalue weighted by Crippen LogP contribution is 2.14. The van der Waals surface area contributed by atoms with Crippen molar-refractivity contribution in [2.75, 3.05) is 13.2 Å². The summed E-state index contributed by atoms with van der Waals surface area (Å²) in [5.41, 5.74) is 0. The molecule has 0 aromatic carbocycles. The third-order valence-corrected chi connectivity index (χ3v) is 8.63. The summed E-state index contributed by atoms with van der Waals surface area (Å²) >= 11 is 0. The van der Waals surface area contributed by atoms with Crippen molar-refractivity contribution < 1.29 is 24.2 Å². The molecule has 5 nitrogen and oxygen atoms in total. The number of ether oxygens (including phenoxy) is 2. The Hall–Kier alpha value is -2.14. The minimum Gasteiger partial charge on any atom is -0.462 e. The lowest BCUT2D eigenvalue weighted by Gasteiger charge is -2.15. The minimum absolute atomic E-state index is 0.0812. The van der Waals surface area contributed by atoms with Gasteiger partial charge in [-0.15, -0.1) is 0 Å². The van der Waals surface area contributed by atoms with Gasteiger partial charge in [0.25, 0.3) is 0 Å². The normalized spacial score (nSPS) is 12.6. The van der Waals surface area contributed by atoms with E-state index in [1.807, 2.05) is 0 Å². The van der Waals surface area contributed by atoms with E-state index in [-0.39, 0.29) is 25.2 Å². The van der Waals surface area contributed by atoms with Gasteiger partial charge in [0.15, 0.2) is 6.10 Å². The maximum Gasteiger partial charge on any atom is 0.306 e. The Morgan fingerprint density at radius 2 is 0.833 bits per heavy atom. The molecule has 1 N–H and O–H groups in total. The first-order chi connectivity index (χ1) is 23.6. The van der Waals surface area contributed by atoms with Crippen molar-refractivity contribution in [2.45, 2.75) is 200 Å². The van der Waals surface area contributed by atoms with Crippen LogP contribution in [0.2, 0.25) is 0 Å². The quantitative estimate of drug-likeness (QED) is 0.0407. The second-order valence-corrected chi connectivity index (χ2v) is 13.4. The van der Waals surface area contributed by atoms with E-state index in [1.165, 1.54) is 103 Å². The minimum atomic E-state index is -0.782. The van der Waals surface area contributed by atoms with E-state index in [4.69, 9.17) is 9.47 Å². The van der Waals surface area contributed by atoms with Gasteiger partial charge in [0.05, 0.1) is 6.61 Å². The van der Waals surface area contributed by atoms with Gasteiger partial charge in [0, 0.05) is 12.8 Å². The van der Waals surface area contributed by atoms with Crippen LogP contribution in [0.5, 0.6) is 0 Å². The topological polar surface area (TPSA) is 72.8 Å². The number of allylic oxidation sites excluding steroid dienone is 8. The Kier molecular flexibility index (Phi) is 37.5. The number of hydrogen-bond donors (Lipinski definition) is 1. The first-order valence-electron chi connectivity index (χ1n) is 20.2. The number of aliphatic hydroxyl groups is 1. The molecule has 0 rings (SSSR count). The molecule has 278 valence electrons. The number of aliphatic hydroxyl groups excluding tert-OH is 1. The number of esters is 2. The van der Waals surface area contributed by atoms with Crippen molar-refractivity contribution in [3.8, 4) is 0 Å². The highest BCUT2D eigenvalue weighted by molar-refractivity contribution is 5.70. The van der Waals surface area contributed by atoms with Crippen LogP contribution in [-0.2, 0) is 19.1 Å². The fourth-order valence-corrected chi connectivity index (χ4v) is 5.54. The summed E-state index contributed by atoms with van der Waals surface area (Å²) in [6.45, 7) is 4.08. The Bertz CT molecular complexity index is 812. The third kappa shape index (κ3) is 36.7. The molecule has 0 aliphatic rings. The molecule has 0 unspecified atom stereocenters. The first kappa shape index (κ1) is 45.9. The van der Waals surface area contributed by atoms with Crippen LogP contribution in [0.4, 0.5) is 0 Å². The van der Waals surface area contributed by atoms with E-state index in [0.29, 0.717) is 12.8 Å². The van der Waals surface area contributed by atoms with Crippen molar-refractivity contribution in [3.63, 3.8) is 0 Å². The molecule has 1 atom stereocenters. The van der Waals surface area contributed by atoms with E-state index in [0.717, 1.165) is 64.2 Å². The lowest BCUT2D eigenvalue weighted by Crippen LogP contribution is -2.28. The van der Waals surface area contributed by atoms with Gasteiger partial charge in [-0.25, -0.2) is 0 Å². The fourth-order valence-electron chi connectivity index (χ4n) is 5.54. The molecule has 0 bridgehead atoms. The van der Waals surface area contributed by atoms with E-state index >= 15 is 0 Å². The fraction of sp³-hybridized carbons (Fsp3) is 0.767. The van der Waals surface area contributed by atoms with Crippen LogP contribution in [-0.4, -0.2) is 36.4 Å². The van der Waals surface area contributed by atoms with Gasteiger partial charge in [0.1, 0.15) is 6.61 Å². The zero-order valence-electron chi connectivity index (χ0n) is 31.5. The van der Waals surface area contributed by atoms with Crippen molar-refractivity contribution >= 4 is 11.9 Å². The second-order valence-electron chi connectivity index (χ2n) is 13.4. The molecule has 0 saturated heterocycles. The van der Waals surface area contributed by atoms with Crippen molar-refractivity contribution in [3.05, 3.63) is 48.6 Å². The third-order valence-electron chi connectivity index (χ3n) is 8.63. The molecule has 0 radical (unpaired) electrons. The monoisotopic (exact) mass is 673 g/mol. The van der Waals surface area contributed by atoms with Crippen LogP contribution in [0.3, 0.4) is 0 Å². The first-order valence-corrected chi connectivity index (χ1v) is 20.2. The van der Waals surface area contributed by atoms with E-state index in [9.17, 15) is 14.7 Å². The van der Waals surface area contributed by atoms with Crippen LogP contribution in [0.1, 0.15) is 194 Å². The SMILES string of the molecule is CCCCC/C=C/C/C=C/C/C=C/C/C=C/CCCCCC(=O)OC[C@H](CO)OC(=O)CCCCCCCCCCCCCCCCC. The second kappa shape index (κ2) is 39.3. The van der Waals surface area contributed by atoms with Crippen molar-refractivity contribution in [1.29, 1.82) is 0 Å². The molecule has 0 aliphatic carbocycles.